The first-order valence-corrected chi connectivity index (χ1v) is 11.5. The molecule has 2 unspecified atom stereocenters. The zero-order chi connectivity index (χ0) is 23.4. The molecule has 2 atom stereocenters. The predicted molar refractivity (Wildman–Crippen MR) is 123 cm³/mol. The number of benzene rings is 2. The van der Waals surface area contributed by atoms with Gasteiger partial charge in [-0.25, -0.2) is 4.79 Å². The molecule has 0 aliphatic carbocycles. The molecule has 2 aliphatic heterocycles. The smallest absolute Gasteiger partial charge is 0.329 e. The molecule has 7 nitrogen and oxygen atoms in total. The largest absolute Gasteiger partial charge is 0.459 e. The quantitative estimate of drug-likeness (QED) is 0.621. The second-order valence-electron chi connectivity index (χ2n) is 9.36. The van der Waals surface area contributed by atoms with E-state index >= 15 is 0 Å². The molecule has 4 rings (SSSR count). The van der Waals surface area contributed by atoms with Crippen molar-refractivity contribution in [2.24, 2.45) is 5.41 Å². The van der Waals surface area contributed by atoms with E-state index < -0.39 is 23.7 Å². The maximum atomic E-state index is 13.5. The monoisotopic (exact) mass is 452 g/mol. The fourth-order valence-corrected chi connectivity index (χ4v) is 4.60. The number of hydrogen-bond acceptors (Lipinski definition) is 6. The molecule has 2 aromatic rings. The molecule has 1 saturated heterocycles. The van der Waals surface area contributed by atoms with Crippen molar-refractivity contribution < 1.29 is 24.2 Å². The molecule has 0 spiro atoms. The Morgan fingerprint density at radius 1 is 1.12 bits per heavy atom. The van der Waals surface area contributed by atoms with Crippen LogP contribution in [-0.2, 0) is 20.9 Å². The minimum atomic E-state index is -1.19. The van der Waals surface area contributed by atoms with E-state index in [4.69, 9.17) is 9.47 Å². The predicted octanol–water partition coefficient (Wildman–Crippen LogP) is 2.99. The molecule has 2 aliphatic rings. The molecule has 7 heteroatoms. The summed E-state index contributed by atoms with van der Waals surface area (Å²) in [5, 5.41) is 11.1. The van der Waals surface area contributed by atoms with Crippen LogP contribution in [0.5, 0.6) is 0 Å². The molecule has 2 aromatic carbocycles. The van der Waals surface area contributed by atoms with Gasteiger partial charge in [0.2, 0.25) is 0 Å². The Morgan fingerprint density at radius 3 is 2.48 bits per heavy atom. The summed E-state index contributed by atoms with van der Waals surface area (Å²) in [5.41, 5.74) is 1.18. The molecular weight excluding hydrogens is 420 g/mol. The van der Waals surface area contributed by atoms with Crippen LogP contribution in [0.4, 0.5) is 0 Å². The number of rotatable bonds is 8. The van der Waals surface area contributed by atoms with Gasteiger partial charge in [0.1, 0.15) is 12.6 Å². The van der Waals surface area contributed by atoms with Gasteiger partial charge in [0.25, 0.3) is 5.91 Å². The molecule has 1 amide bonds. The van der Waals surface area contributed by atoms with Crippen LogP contribution in [0.15, 0.2) is 54.6 Å². The lowest BCUT2D eigenvalue weighted by Gasteiger charge is -2.41. The van der Waals surface area contributed by atoms with Gasteiger partial charge in [-0.1, -0.05) is 62.4 Å². The van der Waals surface area contributed by atoms with Gasteiger partial charge in [0, 0.05) is 24.2 Å². The second-order valence-corrected chi connectivity index (χ2v) is 9.36. The van der Waals surface area contributed by atoms with E-state index in [-0.39, 0.29) is 12.5 Å². The van der Waals surface area contributed by atoms with E-state index in [1.807, 2.05) is 44.2 Å². The van der Waals surface area contributed by atoms with Crippen molar-refractivity contribution in [2.75, 3.05) is 32.8 Å². The van der Waals surface area contributed by atoms with E-state index in [1.54, 1.807) is 24.3 Å². The number of ether oxygens (including phenoxy) is 2. The highest BCUT2D eigenvalue weighted by molar-refractivity contribution is 6.01. The van der Waals surface area contributed by atoms with E-state index in [0.29, 0.717) is 30.8 Å². The van der Waals surface area contributed by atoms with Gasteiger partial charge < -0.3 is 14.6 Å². The van der Waals surface area contributed by atoms with E-state index in [9.17, 15) is 14.7 Å². The average Bonchev–Trinajstić information content (AvgIpc) is 3.08. The summed E-state index contributed by atoms with van der Waals surface area (Å²) in [7, 11) is 0. The first kappa shape index (κ1) is 23.4. The van der Waals surface area contributed by atoms with E-state index in [2.05, 4.69) is 4.90 Å². The third kappa shape index (κ3) is 5.11. The summed E-state index contributed by atoms with van der Waals surface area (Å²) in [5.74, 6) is -0.856. The minimum absolute atomic E-state index is 0.112. The summed E-state index contributed by atoms with van der Waals surface area (Å²) in [6.45, 7) is 7.88. The van der Waals surface area contributed by atoms with E-state index in [0.717, 1.165) is 25.2 Å². The number of amides is 1. The summed E-state index contributed by atoms with van der Waals surface area (Å²) < 4.78 is 11.1. The van der Waals surface area contributed by atoms with Crippen molar-refractivity contribution in [1.29, 1.82) is 0 Å². The summed E-state index contributed by atoms with van der Waals surface area (Å²) in [6.07, 6.45) is -0.532. The fraction of sp³-hybridized carbons (Fsp3) is 0.462. The highest BCUT2D eigenvalue weighted by Crippen LogP contribution is 2.40. The van der Waals surface area contributed by atoms with Gasteiger partial charge in [0.05, 0.1) is 13.2 Å². The first-order valence-electron chi connectivity index (χ1n) is 11.5. The number of aliphatic hydroxyl groups excluding tert-OH is 1. The molecule has 176 valence electrons. The summed E-state index contributed by atoms with van der Waals surface area (Å²) in [6, 6.07) is 15.5. The Hall–Kier alpha value is -2.74. The molecular formula is C26H32N2O5. The number of esters is 1. The van der Waals surface area contributed by atoms with Crippen molar-refractivity contribution in [3.05, 3.63) is 71.3 Å². The standard InChI is InChI=1S/C26H32N2O5/c1-26(2,12-13-27-14-16-32-17-15-27)22(25(31)33-18-19-8-4-3-5-9-19)28-23(29)20-10-6-7-11-21(20)24(28)30/h3-11,22-23,29H,12-18H2,1-2H3. The van der Waals surface area contributed by atoms with Crippen molar-refractivity contribution >= 4 is 11.9 Å². The first-order chi connectivity index (χ1) is 15.9. The third-order valence-electron chi connectivity index (χ3n) is 6.61. The lowest BCUT2D eigenvalue weighted by molar-refractivity contribution is -0.160. The Balaban J connectivity index is 1.57. The molecule has 0 bridgehead atoms. The topological polar surface area (TPSA) is 79.3 Å². The number of morpholine rings is 1. The number of fused-ring (bicyclic) bond motifs is 1. The second kappa shape index (κ2) is 10.0. The molecule has 33 heavy (non-hydrogen) atoms. The van der Waals surface area contributed by atoms with Crippen LogP contribution < -0.4 is 0 Å². The number of nitrogens with zero attached hydrogens (tertiary/aromatic N) is 2. The average molecular weight is 453 g/mol. The zero-order valence-electron chi connectivity index (χ0n) is 19.3. The fourth-order valence-electron chi connectivity index (χ4n) is 4.60. The molecule has 1 N–H and O–H groups in total. The molecule has 0 saturated carbocycles. The van der Waals surface area contributed by atoms with E-state index in [1.165, 1.54) is 4.90 Å². The Bertz CT molecular complexity index is 972. The van der Waals surface area contributed by atoms with Gasteiger partial charge in [-0.15, -0.1) is 0 Å². The zero-order valence-corrected chi connectivity index (χ0v) is 19.3. The van der Waals surface area contributed by atoms with Crippen LogP contribution in [0.1, 0.15) is 48.0 Å². The molecule has 0 radical (unpaired) electrons. The maximum absolute atomic E-state index is 13.5. The maximum Gasteiger partial charge on any atom is 0.329 e. The van der Waals surface area contributed by atoms with Crippen LogP contribution >= 0.6 is 0 Å². The van der Waals surface area contributed by atoms with Crippen LogP contribution in [0.2, 0.25) is 0 Å². The minimum Gasteiger partial charge on any atom is -0.459 e. The van der Waals surface area contributed by atoms with Gasteiger partial charge in [-0.2, -0.15) is 0 Å². The normalized spacial score (nSPS) is 19.9. The molecule has 2 heterocycles. The Labute approximate surface area is 194 Å². The number of aliphatic hydroxyl groups is 1. The highest BCUT2D eigenvalue weighted by Gasteiger charge is 2.49. The van der Waals surface area contributed by atoms with Crippen molar-refractivity contribution in [2.45, 2.75) is 39.1 Å². The van der Waals surface area contributed by atoms with Gasteiger partial charge in [-0.3, -0.25) is 14.6 Å². The number of hydrogen-bond donors (Lipinski definition) is 1. The van der Waals surface area contributed by atoms with Gasteiger partial charge in [-0.05, 0) is 30.0 Å². The SMILES string of the molecule is CC(C)(CCN1CCOCC1)C(C(=O)OCc1ccccc1)N1C(=O)c2ccccc2C1O. The third-order valence-corrected chi connectivity index (χ3v) is 6.61. The Morgan fingerprint density at radius 2 is 1.79 bits per heavy atom. The molecule has 1 fully saturated rings. The van der Waals surface area contributed by atoms with Crippen molar-refractivity contribution in [3.8, 4) is 0 Å². The van der Waals surface area contributed by atoms with Crippen LogP contribution in [0, 0.1) is 5.41 Å². The number of carbonyl (C=O) groups excluding carboxylic acids is 2. The summed E-state index contributed by atoms with van der Waals surface area (Å²) in [4.78, 5) is 30.4. The van der Waals surface area contributed by atoms with Gasteiger partial charge >= 0.3 is 5.97 Å². The van der Waals surface area contributed by atoms with Crippen LogP contribution in [0.3, 0.4) is 0 Å². The van der Waals surface area contributed by atoms with Crippen molar-refractivity contribution in [1.82, 2.24) is 9.80 Å². The van der Waals surface area contributed by atoms with Crippen LogP contribution in [0.25, 0.3) is 0 Å². The van der Waals surface area contributed by atoms with Crippen LogP contribution in [-0.4, -0.2) is 65.7 Å². The lowest BCUT2D eigenvalue weighted by Crippen LogP contribution is -2.53. The van der Waals surface area contributed by atoms with Gasteiger partial charge in [0.15, 0.2) is 6.23 Å². The molecule has 0 aromatic heterocycles. The Kier molecular flexibility index (Phi) is 7.12. The summed E-state index contributed by atoms with van der Waals surface area (Å²) >= 11 is 0. The highest BCUT2D eigenvalue weighted by atomic mass is 16.5. The van der Waals surface area contributed by atoms with Crippen molar-refractivity contribution in [3.63, 3.8) is 0 Å². The number of carbonyl (C=O) groups is 2. The lowest BCUT2D eigenvalue weighted by atomic mass is 9.79.